The van der Waals surface area contributed by atoms with Crippen molar-refractivity contribution in [1.29, 1.82) is 0 Å². The number of hydrogen-bond acceptors (Lipinski definition) is 4. The second kappa shape index (κ2) is 7.92. The van der Waals surface area contributed by atoms with Crippen molar-refractivity contribution in [1.82, 2.24) is 9.62 Å². The van der Waals surface area contributed by atoms with E-state index in [0.29, 0.717) is 17.1 Å². The molecule has 0 amide bonds. The number of halogens is 2. The minimum Gasteiger partial charge on any atom is -0.398 e. The topological polar surface area (TPSA) is 75.4 Å². The zero-order valence-corrected chi connectivity index (χ0v) is 16.3. The minimum atomic E-state index is -3.62. The van der Waals surface area contributed by atoms with Gasteiger partial charge in [0.2, 0.25) is 10.0 Å². The number of nitrogens with one attached hydrogen (secondary N) is 1. The van der Waals surface area contributed by atoms with Crippen LogP contribution in [0.25, 0.3) is 0 Å². The number of anilines is 1. The van der Waals surface area contributed by atoms with E-state index in [0.717, 1.165) is 17.4 Å². The Hall–Kier alpha value is -0.150. The van der Waals surface area contributed by atoms with Gasteiger partial charge >= 0.3 is 0 Å². The van der Waals surface area contributed by atoms with Crippen molar-refractivity contribution in [3.63, 3.8) is 0 Å². The first-order chi connectivity index (χ1) is 9.65. The van der Waals surface area contributed by atoms with Crippen molar-refractivity contribution in [2.24, 2.45) is 0 Å². The molecule has 0 aliphatic carbocycles. The summed E-state index contributed by atoms with van der Waals surface area (Å²) in [5.41, 5.74) is 6.02. The molecule has 0 aliphatic rings. The smallest absolute Gasteiger partial charge is 0.243 e. The molecule has 1 rings (SSSR count). The zero-order chi connectivity index (χ0) is 16.2. The van der Waals surface area contributed by atoms with Crippen LogP contribution in [-0.4, -0.2) is 39.5 Å². The van der Waals surface area contributed by atoms with Crippen LogP contribution in [0.2, 0.25) is 0 Å². The molecule has 0 radical (unpaired) electrons. The SMILES string of the molecule is CC(C)N(C)CCCNS(=O)(=O)c1c(N)cc(Br)cc1Br. The molecule has 120 valence electrons. The van der Waals surface area contributed by atoms with Gasteiger partial charge in [0.15, 0.2) is 0 Å². The molecule has 0 bridgehead atoms. The number of nitrogens with zero attached hydrogens (tertiary/aromatic N) is 1. The summed E-state index contributed by atoms with van der Waals surface area (Å²) in [5, 5.41) is 0. The summed E-state index contributed by atoms with van der Waals surface area (Å²) in [6, 6.07) is 3.68. The van der Waals surface area contributed by atoms with Crippen LogP contribution < -0.4 is 10.5 Å². The molecule has 0 unspecified atom stereocenters. The van der Waals surface area contributed by atoms with Gasteiger partial charge in [0, 0.05) is 21.5 Å². The lowest BCUT2D eigenvalue weighted by Crippen LogP contribution is -2.31. The van der Waals surface area contributed by atoms with E-state index >= 15 is 0 Å². The quantitative estimate of drug-likeness (QED) is 0.502. The third kappa shape index (κ3) is 5.52. The predicted molar refractivity (Wildman–Crippen MR) is 93.8 cm³/mol. The fourth-order valence-corrected chi connectivity index (χ4v) is 4.87. The average Bonchev–Trinajstić information content (AvgIpc) is 2.32. The fraction of sp³-hybridized carbons (Fsp3) is 0.538. The first-order valence-electron chi connectivity index (χ1n) is 6.59. The van der Waals surface area contributed by atoms with Gasteiger partial charge in [-0.15, -0.1) is 0 Å². The Morgan fingerprint density at radius 3 is 2.48 bits per heavy atom. The summed E-state index contributed by atoms with van der Waals surface area (Å²) in [6.45, 7) is 5.41. The van der Waals surface area contributed by atoms with Crippen molar-refractivity contribution in [2.75, 3.05) is 25.9 Å². The molecule has 1 aromatic rings. The highest BCUT2D eigenvalue weighted by atomic mass is 79.9. The van der Waals surface area contributed by atoms with Gasteiger partial charge in [0.05, 0.1) is 5.69 Å². The van der Waals surface area contributed by atoms with Crippen molar-refractivity contribution >= 4 is 47.6 Å². The maximum atomic E-state index is 12.3. The molecular formula is C13H21Br2N3O2S. The summed E-state index contributed by atoms with van der Waals surface area (Å²) in [4.78, 5) is 2.25. The monoisotopic (exact) mass is 441 g/mol. The van der Waals surface area contributed by atoms with E-state index < -0.39 is 10.0 Å². The van der Waals surface area contributed by atoms with Gasteiger partial charge in [-0.1, -0.05) is 15.9 Å². The summed E-state index contributed by atoms with van der Waals surface area (Å²) >= 11 is 6.52. The molecule has 0 atom stereocenters. The Morgan fingerprint density at radius 1 is 1.33 bits per heavy atom. The lowest BCUT2D eigenvalue weighted by atomic mass is 10.3. The second-order valence-electron chi connectivity index (χ2n) is 5.13. The van der Waals surface area contributed by atoms with Gasteiger partial charge in [-0.25, -0.2) is 13.1 Å². The van der Waals surface area contributed by atoms with Crippen LogP contribution in [0.3, 0.4) is 0 Å². The van der Waals surface area contributed by atoms with E-state index in [1.165, 1.54) is 0 Å². The van der Waals surface area contributed by atoms with Crippen molar-refractivity contribution < 1.29 is 8.42 Å². The molecule has 1 aromatic carbocycles. The third-order valence-electron chi connectivity index (χ3n) is 3.17. The maximum Gasteiger partial charge on any atom is 0.243 e. The van der Waals surface area contributed by atoms with Crippen LogP contribution >= 0.6 is 31.9 Å². The summed E-state index contributed by atoms with van der Waals surface area (Å²) < 4.78 is 28.4. The van der Waals surface area contributed by atoms with Crippen LogP contribution in [0.5, 0.6) is 0 Å². The van der Waals surface area contributed by atoms with Crippen molar-refractivity contribution in [3.05, 3.63) is 21.1 Å². The number of nitrogen functional groups attached to an aromatic ring is 1. The van der Waals surface area contributed by atoms with Gasteiger partial charge in [0.1, 0.15) is 4.90 Å². The van der Waals surface area contributed by atoms with E-state index in [9.17, 15) is 8.42 Å². The highest BCUT2D eigenvalue weighted by molar-refractivity contribution is 9.11. The highest BCUT2D eigenvalue weighted by Gasteiger charge is 2.21. The van der Waals surface area contributed by atoms with E-state index in [4.69, 9.17) is 5.73 Å². The average molecular weight is 443 g/mol. The summed E-state index contributed by atoms with van der Waals surface area (Å²) in [7, 11) is -1.60. The molecule has 3 N–H and O–H groups in total. The van der Waals surface area contributed by atoms with Gasteiger partial charge in [0.25, 0.3) is 0 Å². The molecule has 0 aromatic heterocycles. The van der Waals surface area contributed by atoms with E-state index in [-0.39, 0.29) is 10.6 Å². The van der Waals surface area contributed by atoms with Crippen molar-refractivity contribution in [2.45, 2.75) is 31.2 Å². The van der Waals surface area contributed by atoms with E-state index in [1.807, 2.05) is 7.05 Å². The molecule has 0 heterocycles. The van der Waals surface area contributed by atoms with Gasteiger partial charge in [-0.2, -0.15) is 0 Å². The molecule has 0 saturated heterocycles. The highest BCUT2D eigenvalue weighted by Crippen LogP contribution is 2.31. The fourth-order valence-electron chi connectivity index (χ4n) is 1.73. The molecule has 5 nitrogen and oxygen atoms in total. The van der Waals surface area contributed by atoms with E-state index in [2.05, 4.69) is 55.3 Å². The summed E-state index contributed by atoms with van der Waals surface area (Å²) in [5.74, 6) is 0. The molecule has 8 heteroatoms. The predicted octanol–water partition coefficient (Wildman–Crippen LogP) is 2.80. The van der Waals surface area contributed by atoms with E-state index in [1.54, 1.807) is 12.1 Å². The molecule has 21 heavy (non-hydrogen) atoms. The number of hydrogen-bond donors (Lipinski definition) is 2. The van der Waals surface area contributed by atoms with Crippen LogP contribution in [0, 0.1) is 0 Å². The summed E-state index contributed by atoms with van der Waals surface area (Å²) in [6.07, 6.45) is 0.738. The number of sulfonamides is 1. The molecule has 0 spiro atoms. The molecule has 0 fully saturated rings. The first kappa shape index (κ1) is 18.9. The van der Waals surface area contributed by atoms with Gasteiger partial charge in [-0.05, 0) is 61.9 Å². The van der Waals surface area contributed by atoms with Crippen LogP contribution in [-0.2, 0) is 10.0 Å². The largest absolute Gasteiger partial charge is 0.398 e. The Balaban J connectivity index is 2.71. The number of nitrogens with two attached hydrogens (primary N) is 1. The molecule has 0 aliphatic heterocycles. The molecular weight excluding hydrogens is 422 g/mol. The normalized spacial score (nSPS) is 12.3. The maximum absolute atomic E-state index is 12.3. The van der Waals surface area contributed by atoms with Crippen LogP contribution in [0.1, 0.15) is 20.3 Å². The standard InChI is InChI=1S/C13H21Br2N3O2S/c1-9(2)18(3)6-4-5-17-21(19,20)13-11(15)7-10(14)8-12(13)16/h7-9,17H,4-6,16H2,1-3H3. The zero-order valence-electron chi connectivity index (χ0n) is 12.4. The second-order valence-corrected chi connectivity index (χ2v) is 8.61. The Labute approximate surface area is 143 Å². The van der Waals surface area contributed by atoms with Crippen LogP contribution in [0.4, 0.5) is 5.69 Å². The van der Waals surface area contributed by atoms with Crippen LogP contribution in [0.15, 0.2) is 26.0 Å². The van der Waals surface area contributed by atoms with Gasteiger partial charge < -0.3 is 10.6 Å². The third-order valence-corrected chi connectivity index (χ3v) is 6.09. The lowest BCUT2D eigenvalue weighted by Gasteiger charge is -2.20. The Morgan fingerprint density at radius 2 is 1.95 bits per heavy atom. The Kier molecular flexibility index (Phi) is 7.12. The van der Waals surface area contributed by atoms with Crippen molar-refractivity contribution in [3.8, 4) is 0 Å². The number of benzene rings is 1. The Bertz CT molecular complexity index is 568. The number of rotatable bonds is 7. The lowest BCUT2D eigenvalue weighted by molar-refractivity contribution is 0.271. The molecule has 0 saturated carbocycles. The first-order valence-corrected chi connectivity index (χ1v) is 9.66. The van der Waals surface area contributed by atoms with Gasteiger partial charge in [-0.3, -0.25) is 0 Å². The minimum absolute atomic E-state index is 0.0860.